The molecule has 4 heteroatoms. The minimum absolute atomic E-state index is 0.0500. The molecule has 0 radical (unpaired) electrons. The highest BCUT2D eigenvalue weighted by Crippen LogP contribution is 2.19. The Morgan fingerprint density at radius 1 is 1.50 bits per heavy atom. The molecule has 1 aliphatic rings. The van der Waals surface area contributed by atoms with Gasteiger partial charge in [-0.3, -0.25) is 4.79 Å². The second-order valence-corrected chi connectivity index (χ2v) is 3.80. The van der Waals surface area contributed by atoms with Gasteiger partial charge in [0.05, 0.1) is 5.69 Å². The molecule has 1 aliphatic carbocycles. The lowest BCUT2D eigenvalue weighted by molar-refractivity contribution is 0.0915. The number of carbonyl (C=O) groups is 1. The van der Waals surface area contributed by atoms with Gasteiger partial charge in [0.15, 0.2) is 0 Å². The number of aryl methyl sites for hydroxylation is 2. The molecule has 0 bridgehead atoms. The van der Waals surface area contributed by atoms with E-state index in [-0.39, 0.29) is 5.91 Å². The first-order chi connectivity index (χ1) is 6.68. The number of nitrogens with zero attached hydrogens (tertiary/aromatic N) is 1. The molecule has 1 aromatic heterocycles. The molecule has 2 rings (SSSR count). The molecular formula is C10H14N2O2. The molecule has 1 N–H and O–H groups in total. The first-order valence-corrected chi connectivity index (χ1v) is 4.92. The van der Waals surface area contributed by atoms with Crippen LogP contribution in [-0.2, 0) is 0 Å². The van der Waals surface area contributed by atoms with E-state index < -0.39 is 0 Å². The first-order valence-electron chi connectivity index (χ1n) is 4.92. The van der Waals surface area contributed by atoms with Gasteiger partial charge in [0.1, 0.15) is 11.3 Å². The number of amides is 1. The van der Waals surface area contributed by atoms with Gasteiger partial charge in [-0.05, 0) is 33.1 Å². The van der Waals surface area contributed by atoms with Crippen molar-refractivity contribution in [2.24, 2.45) is 0 Å². The zero-order valence-corrected chi connectivity index (χ0v) is 8.46. The standard InChI is InChI=1S/C10H14N2O2/c1-6-9(7(2)14-12-6)10(13)11-8-4-3-5-8/h8H,3-5H2,1-2H3,(H,11,13). The van der Waals surface area contributed by atoms with E-state index in [2.05, 4.69) is 10.5 Å². The molecule has 76 valence electrons. The van der Waals surface area contributed by atoms with Crippen LogP contribution in [0.2, 0.25) is 0 Å². The summed E-state index contributed by atoms with van der Waals surface area (Å²) in [6, 6.07) is 0.358. The molecule has 14 heavy (non-hydrogen) atoms. The van der Waals surface area contributed by atoms with Crippen LogP contribution in [0.15, 0.2) is 4.52 Å². The van der Waals surface area contributed by atoms with Crippen molar-refractivity contribution < 1.29 is 9.32 Å². The molecule has 0 aliphatic heterocycles. The fourth-order valence-corrected chi connectivity index (χ4v) is 1.62. The Labute approximate surface area is 82.7 Å². The molecule has 1 saturated carbocycles. The van der Waals surface area contributed by atoms with Crippen LogP contribution in [0.1, 0.15) is 41.1 Å². The van der Waals surface area contributed by atoms with Crippen LogP contribution in [0.4, 0.5) is 0 Å². The van der Waals surface area contributed by atoms with E-state index in [1.807, 2.05) is 0 Å². The molecule has 0 unspecified atom stereocenters. The van der Waals surface area contributed by atoms with E-state index in [9.17, 15) is 4.79 Å². The Balaban J connectivity index is 2.09. The van der Waals surface area contributed by atoms with Gasteiger partial charge in [-0.25, -0.2) is 0 Å². The number of aromatic nitrogens is 1. The largest absolute Gasteiger partial charge is 0.361 e. The predicted octanol–water partition coefficient (Wildman–Crippen LogP) is 1.57. The molecule has 0 aromatic carbocycles. The van der Waals surface area contributed by atoms with Crippen molar-refractivity contribution in [3.8, 4) is 0 Å². The zero-order chi connectivity index (χ0) is 10.1. The Kier molecular flexibility index (Phi) is 2.27. The van der Waals surface area contributed by atoms with Gasteiger partial charge in [-0.15, -0.1) is 0 Å². The number of hydrogen-bond donors (Lipinski definition) is 1. The summed E-state index contributed by atoms with van der Waals surface area (Å²) >= 11 is 0. The lowest BCUT2D eigenvalue weighted by Gasteiger charge is -2.26. The topological polar surface area (TPSA) is 55.1 Å². The van der Waals surface area contributed by atoms with Crippen molar-refractivity contribution in [1.29, 1.82) is 0 Å². The van der Waals surface area contributed by atoms with E-state index in [1.165, 1.54) is 6.42 Å². The van der Waals surface area contributed by atoms with Gasteiger partial charge >= 0.3 is 0 Å². The van der Waals surface area contributed by atoms with E-state index in [1.54, 1.807) is 13.8 Å². The summed E-state index contributed by atoms with van der Waals surface area (Å²) in [7, 11) is 0. The summed E-state index contributed by atoms with van der Waals surface area (Å²) in [4.78, 5) is 11.7. The molecule has 0 spiro atoms. The average molecular weight is 194 g/mol. The van der Waals surface area contributed by atoms with Gasteiger partial charge in [0.2, 0.25) is 0 Å². The van der Waals surface area contributed by atoms with Crippen LogP contribution in [-0.4, -0.2) is 17.1 Å². The fourth-order valence-electron chi connectivity index (χ4n) is 1.62. The first kappa shape index (κ1) is 9.24. The third-order valence-corrected chi connectivity index (χ3v) is 2.70. The SMILES string of the molecule is Cc1noc(C)c1C(=O)NC1CCC1. The third-order valence-electron chi connectivity index (χ3n) is 2.70. The highest BCUT2D eigenvalue weighted by atomic mass is 16.5. The van der Waals surface area contributed by atoms with Gasteiger partial charge in [-0.1, -0.05) is 5.16 Å². The van der Waals surface area contributed by atoms with Gasteiger partial charge in [0.25, 0.3) is 5.91 Å². The van der Waals surface area contributed by atoms with Crippen molar-refractivity contribution in [3.63, 3.8) is 0 Å². The van der Waals surface area contributed by atoms with E-state index in [0.717, 1.165) is 12.8 Å². The van der Waals surface area contributed by atoms with Crippen LogP contribution in [0.3, 0.4) is 0 Å². The molecule has 4 nitrogen and oxygen atoms in total. The van der Waals surface area contributed by atoms with Crippen molar-refractivity contribution >= 4 is 5.91 Å². The Hall–Kier alpha value is -1.32. The van der Waals surface area contributed by atoms with Gasteiger partial charge < -0.3 is 9.84 Å². The lowest BCUT2D eigenvalue weighted by Crippen LogP contribution is -2.39. The normalized spacial score (nSPS) is 16.4. The summed E-state index contributed by atoms with van der Waals surface area (Å²) in [6.07, 6.45) is 3.40. The van der Waals surface area contributed by atoms with E-state index in [0.29, 0.717) is 23.1 Å². The van der Waals surface area contributed by atoms with Crippen LogP contribution in [0, 0.1) is 13.8 Å². The summed E-state index contributed by atoms with van der Waals surface area (Å²) in [5.74, 6) is 0.547. The lowest BCUT2D eigenvalue weighted by atomic mass is 9.93. The maximum Gasteiger partial charge on any atom is 0.257 e. The highest BCUT2D eigenvalue weighted by molar-refractivity contribution is 5.96. The molecule has 1 aromatic rings. The van der Waals surface area contributed by atoms with Crippen LogP contribution in [0.5, 0.6) is 0 Å². The van der Waals surface area contributed by atoms with Crippen molar-refractivity contribution in [3.05, 3.63) is 17.0 Å². The third kappa shape index (κ3) is 1.52. The molecular weight excluding hydrogens is 180 g/mol. The number of nitrogens with one attached hydrogen (secondary N) is 1. The quantitative estimate of drug-likeness (QED) is 0.777. The number of hydrogen-bond acceptors (Lipinski definition) is 3. The molecule has 1 amide bonds. The second-order valence-electron chi connectivity index (χ2n) is 3.80. The van der Waals surface area contributed by atoms with Crippen LogP contribution in [0.25, 0.3) is 0 Å². The number of carbonyl (C=O) groups excluding carboxylic acids is 1. The minimum atomic E-state index is -0.0500. The van der Waals surface area contributed by atoms with Gasteiger partial charge in [-0.2, -0.15) is 0 Å². The Morgan fingerprint density at radius 2 is 2.21 bits per heavy atom. The monoisotopic (exact) mass is 194 g/mol. The van der Waals surface area contributed by atoms with Crippen molar-refractivity contribution in [2.45, 2.75) is 39.2 Å². The Bertz CT molecular complexity index is 334. The van der Waals surface area contributed by atoms with E-state index >= 15 is 0 Å². The summed E-state index contributed by atoms with van der Waals surface area (Å²) in [6.45, 7) is 3.54. The molecule has 0 atom stereocenters. The Morgan fingerprint density at radius 3 is 2.64 bits per heavy atom. The van der Waals surface area contributed by atoms with Crippen LogP contribution >= 0.6 is 0 Å². The smallest absolute Gasteiger partial charge is 0.257 e. The number of rotatable bonds is 2. The van der Waals surface area contributed by atoms with Crippen molar-refractivity contribution in [2.75, 3.05) is 0 Å². The maximum atomic E-state index is 11.7. The van der Waals surface area contributed by atoms with Crippen molar-refractivity contribution in [1.82, 2.24) is 10.5 Å². The van der Waals surface area contributed by atoms with Crippen LogP contribution < -0.4 is 5.32 Å². The second kappa shape index (κ2) is 3.44. The fraction of sp³-hybridized carbons (Fsp3) is 0.600. The van der Waals surface area contributed by atoms with E-state index in [4.69, 9.17) is 4.52 Å². The average Bonchev–Trinajstić information content (AvgIpc) is 2.39. The molecule has 0 saturated heterocycles. The summed E-state index contributed by atoms with van der Waals surface area (Å²) in [5, 5.41) is 6.71. The summed E-state index contributed by atoms with van der Waals surface area (Å²) in [5.41, 5.74) is 1.26. The minimum Gasteiger partial charge on any atom is -0.361 e. The summed E-state index contributed by atoms with van der Waals surface area (Å²) < 4.78 is 4.94. The van der Waals surface area contributed by atoms with Gasteiger partial charge in [0, 0.05) is 6.04 Å². The molecule has 1 heterocycles. The predicted molar refractivity (Wildman–Crippen MR) is 51.1 cm³/mol. The zero-order valence-electron chi connectivity index (χ0n) is 8.46. The maximum absolute atomic E-state index is 11.7. The molecule has 1 fully saturated rings. The highest BCUT2D eigenvalue weighted by Gasteiger charge is 2.23.